The van der Waals surface area contributed by atoms with Gasteiger partial charge in [-0.25, -0.2) is 4.39 Å². The Balaban J connectivity index is 2.50. The standard InChI is InChI=1S/C11H9Cl2FN2O3/c12-4-6-1-10(17)15(5-6)11-8(13)2-7(14)3-9(11)16(18)19/h2-3,6H,1,4-5H2. The van der Waals surface area contributed by atoms with Gasteiger partial charge < -0.3 is 4.90 Å². The highest BCUT2D eigenvalue weighted by atomic mass is 35.5. The molecule has 102 valence electrons. The molecule has 1 aliphatic heterocycles. The molecule has 0 spiro atoms. The number of benzene rings is 1. The van der Waals surface area contributed by atoms with E-state index in [9.17, 15) is 19.3 Å². The minimum absolute atomic E-state index is 0.0642. The van der Waals surface area contributed by atoms with E-state index < -0.39 is 16.4 Å². The van der Waals surface area contributed by atoms with Crippen molar-refractivity contribution >= 4 is 40.5 Å². The number of nitrogens with zero attached hydrogens (tertiary/aromatic N) is 2. The molecule has 5 nitrogen and oxygen atoms in total. The molecule has 1 aliphatic rings. The van der Waals surface area contributed by atoms with Crippen LogP contribution in [0.15, 0.2) is 12.1 Å². The van der Waals surface area contributed by atoms with Crippen molar-refractivity contribution in [1.29, 1.82) is 0 Å². The molecule has 0 radical (unpaired) electrons. The molecule has 2 rings (SSSR count). The minimum atomic E-state index is -0.819. The number of anilines is 1. The van der Waals surface area contributed by atoms with Crippen LogP contribution < -0.4 is 4.90 Å². The summed E-state index contributed by atoms with van der Waals surface area (Å²) in [5, 5.41) is 10.8. The maximum absolute atomic E-state index is 13.2. The predicted molar refractivity (Wildman–Crippen MR) is 69.2 cm³/mol. The highest BCUT2D eigenvalue weighted by Crippen LogP contribution is 2.39. The van der Waals surface area contributed by atoms with Crippen molar-refractivity contribution in [2.24, 2.45) is 5.92 Å². The summed E-state index contributed by atoms with van der Waals surface area (Å²) in [6.45, 7) is 0.245. The van der Waals surface area contributed by atoms with Gasteiger partial charge in [-0.05, 0) is 12.0 Å². The zero-order chi connectivity index (χ0) is 14.2. The average Bonchev–Trinajstić information content (AvgIpc) is 2.69. The Morgan fingerprint density at radius 3 is 2.74 bits per heavy atom. The molecule has 0 bridgehead atoms. The zero-order valence-electron chi connectivity index (χ0n) is 9.61. The highest BCUT2D eigenvalue weighted by Gasteiger charge is 2.35. The number of halogens is 3. The monoisotopic (exact) mass is 306 g/mol. The smallest absolute Gasteiger partial charge is 0.297 e. The van der Waals surface area contributed by atoms with Crippen molar-refractivity contribution in [2.75, 3.05) is 17.3 Å². The van der Waals surface area contributed by atoms with Crippen LogP contribution >= 0.6 is 23.2 Å². The molecule has 0 aliphatic carbocycles. The van der Waals surface area contributed by atoms with Gasteiger partial charge in [-0.1, -0.05) is 11.6 Å². The molecule has 1 saturated heterocycles. The van der Waals surface area contributed by atoms with Crippen LogP contribution in [-0.2, 0) is 4.79 Å². The van der Waals surface area contributed by atoms with Crippen molar-refractivity contribution in [3.05, 3.63) is 33.1 Å². The molecule has 1 aromatic carbocycles. The molecule has 0 saturated carbocycles. The lowest BCUT2D eigenvalue weighted by Gasteiger charge is -2.17. The lowest BCUT2D eigenvalue weighted by atomic mass is 10.1. The number of nitro benzene ring substituents is 1. The fourth-order valence-corrected chi connectivity index (χ4v) is 2.57. The van der Waals surface area contributed by atoms with E-state index in [0.717, 1.165) is 12.1 Å². The molecular weight excluding hydrogens is 298 g/mol. The van der Waals surface area contributed by atoms with Crippen molar-refractivity contribution < 1.29 is 14.1 Å². The van der Waals surface area contributed by atoms with Gasteiger partial charge in [0.2, 0.25) is 5.91 Å². The fourth-order valence-electron chi connectivity index (χ4n) is 2.06. The van der Waals surface area contributed by atoms with E-state index in [1.807, 2.05) is 0 Å². The summed E-state index contributed by atoms with van der Waals surface area (Å²) in [7, 11) is 0. The summed E-state index contributed by atoms with van der Waals surface area (Å²) >= 11 is 11.5. The molecular formula is C11H9Cl2FN2O3. The van der Waals surface area contributed by atoms with E-state index in [2.05, 4.69) is 0 Å². The van der Waals surface area contributed by atoms with Crippen molar-refractivity contribution in [3.63, 3.8) is 0 Å². The summed E-state index contributed by atoms with van der Waals surface area (Å²) in [5.41, 5.74) is -0.584. The number of hydrogen-bond donors (Lipinski definition) is 0. The fraction of sp³-hybridized carbons (Fsp3) is 0.364. The van der Waals surface area contributed by atoms with E-state index in [1.54, 1.807) is 0 Å². The Morgan fingerprint density at radius 1 is 1.53 bits per heavy atom. The SMILES string of the molecule is O=C1CC(CCl)CN1c1c(Cl)cc(F)cc1[N+](=O)[O-]. The first kappa shape index (κ1) is 14.0. The van der Waals surface area contributed by atoms with Crippen LogP contribution in [0.3, 0.4) is 0 Å². The Morgan fingerprint density at radius 2 is 2.21 bits per heavy atom. The Kier molecular flexibility index (Phi) is 3.91. The third-order valence-electron chi connectivity index (χ3n) is 2.90. The molecule has 1 atom stereocenters. The Bertz CT molecular complexity index is 553. The normalized spacial score (nSPS) is 19.0. The molecule has 8 heteroatoms. The third kappa shape index (κ3) is 2.64. The summed E-state index contributed by atoms with van der Waals surface area (Å²) < 4.78 is 13.2. The van der Waals surface area contributed by atoms with Crippen LogP contribution in [0.1, 0.15) is 6.42 Å². The number of rotatable bonds is 3. The molecule has 0 N–H and O–H groups in total. The van der Waals surface area contributed by atoms with Crippen LogP contribution in [0.4, 0.5) is 15.8 Å². The van der Waals surface area contributed by atoms with Crippen molar-refractivity contribution in [2.45, 2.75) is 6.42 Å². The number of hydrogen-bond acceptors (Lipinski definition) is 3. The van der Waals surface area contributed by atoms with Gasteiger partial charge in [-0.3, -0.25) is 14.9 Å². The molecule has 0 aromatic heterocycles. The van der Waals surface area contributed by atoms with Gasteiger partial charge in [0.05, 0.1) is 16.0 Å². The third-order valence-corrected chi connectivity index (χ3v) is 3.62. The molecule has 1 fully saturated rings. The number of amides is 1. The minimum Gasteiger partial charge on any atom is -0.305 e. The van der Waals surface area contributed by atoms with Gasteiger partial charge >= 0.3 is 0 Å². The van der Waals surface area contributed by atoms with E-state index in [0.29, 0.717) is 0 Å². The zero-order valence-corrected chi connectivity index (χ0v) is 11.1. The lowest BCUT2D eigenvalue weighted by molar-refractivity contribution is -0.384. The lowest BCUT2D eigenvalue weighted by Crippen LogP contribution is -2.26. The van der Waals surface area contributed by atoms with Gasteiger partial charge in [0.1, 0.15) is 11.5 Å². The van der Waals surface area contributed by atoms with Gasteiger partial charge in [-0.2, -0.15) is 0 Å². The maximum atomic E-state index is 13.2. The summed E-state index contributed by atoms with van der Waals surface area (Å²) in [6.07, 6.45) is 0.203. The topological polar surface area (TPSA) is 63.5 Å². The van der Waals surface area contributed by atoms with Gasteiger partial charge in [0, 0.05) is 18.8 Å². The van der Waals surface area contributed by atoms with Crippen molar-refractivity contribution in [3.8, 4) is 0 Å². The summed E-state index contributed by atoms with van der Waals surface area (Å²) in [6, 6.07) is 1.70. The second-order valence-corrected chi connectivity index (χ2v) is 4.96. The van der Waals surface area contributed by atoms with Gasteiger partial charge in [0.25, 0.3) is 5.69 Å². The molecule has 1 aromatic rings. The quantitative estimate of drug-likeness (QED) is 0.490. The van der Waals surface area contributed by atoms with Gasteiger partial charge in [0.15, 0.2) is 0 Å². The van der Waals surface area contributed by atoms with E-state index in [4.69, 9.17) is 23.2 Å². The van der Waals surface area contributed by atoms with Crippen LogP contribution in [0.25, 0.3) is 0 Å². The first-order valence-electron chi connectivity index (χ1n) is 5.43. The summed E-state index contributed by atoms with van der Waals surface area (Å²) in [4.78, 5) is 23.2. The van der Waals surface area contributed by atoms with Crippen LogP contribution in [0, 0.1) is 21.8 Å². The Hall–Kier alpha value is -1.40. The first-order valence-corrected chi connectivity index (χ1v) is 6.35. The van der Waals surface area contributed by atoms with E-state index >= 15 is 0 Å². The second-order valence-electron chi connectivity index (χ2n) is 4.24. The van der Waals surface area contributed by atoms with E-state index in [-0.39, 0.29) is 41.4 Å². The average molecular weight is 307 g/mol. The van der Waals surface area contributed by atoms with E-state index in [1.165, 1.54) is 4.90 Å². The number of carbonyl (C=O) groups is 1. The van der Waals surface area contributed by atoms with Crippen LogP contribution in [0.5, 0.6) is 0 Å². The largest absolute Gasteiger partial charge is 0.305 e. The first-order chi connectivity index (χ1) is 8.93. The Labute approximate surface area is 118 Å². The number of alkyl halides is 1. The number of nitro groups is 1. The number of carbonyl (C=O) groups excluding carboxylic acids is 1. The second kappa shape index (κ2) is 5.30. The molecule has 1 unspecified atom stereocenters. The van der Waals surface area contributed by atoms with Crippen LogP contribution in [0.2, 0.25) is 5.02 Å². The summed E-state index contributed by atoms with van der Waals surface area (Å²) in [5.74, 6) is -0.937. The van der Waals surface area contributed by atoms with Crippen LogP contribution in [-0.4, -0.2) is 23.3 Å². The predicted octanol–water partition coefficient (Wildman–Crippen LogP) is 2.98. The highest BCUT2D eigenvalue weighted by molar-refractivity contribution is 6.34. The molecule has 19 heavy (non-hydrogen) atoms. The maximum Gasteiger partial charge on any atom is 0.297 e. The molecule has 1 heterocycles. The van der Waals surface area contributed by atoms with Gasteiger partial charge in [-0.15, -0.1) is 11.6 Å². The molecule has 1 amide bonds. The van der Waals surface area contributed by atoms with Crippen molar-refractivity contribution in [1.82, 2.24) is 0 Å².